The van der Waals surface area contributed by atoms with E-state index in [1.165, 1.54) is 11.3 Å². The lowest BCUT2D eigenvalue weighted by Crippen LogP contribution is -2.48. The van der Waals surface area contributed by atoms with Gasteiger partial charge in [0.05, 0.1) is 11.6 Å². The second-order valence-corrected chi connectivity index (χ2v) is 6.36. The van der Waals surface area contributed by atoms with Gasteiger partial charge in [0.1, 0.15) is 11.1 Å². The van der Waals surface area contributed by atoms with Crippen LogP contribution in [0.15, 0.2) is 0 Å². The van der Waals surface area contributed by atoms with Gasteiger partial charge < -0.3 is 10.6 Å². The zero-order valence-electron chi connectivity index (χ0n) is 11.5. The summed E-state index contributed by atoms with van der Waals surface area (Å²) in [6, 6.07) is 2.03. The molecule has 1 aromatic rings. The molecule has 19 heavy (non-hydrogen) atoms. The standard InChI is InChI=1S/C14H19N3OS/c1-8-5-4-6-16-12(8)13(18)17-14-11(7-15)9(2)10(3)19-14/h8,12,16H,4-6H2,1-3H3,(H,17,18). The molecule has 0 aromatic carbocycles. The second-order valence-electron chi connectivity index (χ2n) is 5.14. The minimum absolute atomic E-state index is 0.0232. The van der Waals surface area contributed by atoms with Crippen molar-refractivity contribution in [2.75, 3.05) is 11.9 Å². The van der Waals surface area contributed by atoms with Crippen molar-refractivity contribution in [3.63, 3.8) is 0 Å². The molecule has 2 unspecified atom stereocenters. The molecule has 2 N–H and O–H groups in total. The molecule has 2 atom stereocenters. The maximum Gasteiger partial charge on any atom is 0.242 e. The Morgan fingerprint density at radius 3 is 2.89 bits per heavy atom. The van der Waals surface area contributed by atoms with Crippen LogP contribution in [0.2, 0.25) is 0 Å². The predicted molar refractivity (Wildman–Crippen MR) is 77.3 cm³/mol. The number of carbonyl (C=O) groups is 1. The van der Waals surface area contributed by atoms with Gasteiger partial charge in [-0.25, -0.2) is 0 Å². The van der Waals surface area contributed by atoms with Crippen molar-refractivity contribution in [3.05, 3.63) is 16.0 Å². The minimum Gasteiger partial charge on any atom is -0.315 e. The molecule has 1 saturated heterocycles. The van der Waals surface area contributed by atoms with Crippen LogP contribution in [-0.4, -0.2) is 18.5 Å². The Kier molecular flexibility index (Phi) is 4.23. The molecule has 2 heterocycles. The van der Waals surface area contributed by atoms with Gasteiger partial charge in [0.2, 0.25) is 5.91 Å². The number of piperidine rings is 1. The Balaban J connectivity index is 2.15. The van der Waals surface area contributed by atoms with Crippen LogP contribution >= 0.6 is 11.3 Å². The maximum atomic E-state index is 12.3. The Morgan fingerprint density at radius 2 is 2.26 bits per heavy atom. The first kappa shape index (κ1) is 14.0. The number of carbonyl (C=O) groups excluding carboxylic acids is 1. The van der Waals surface area contributed by atoms with E-state index >= 15 is 0 Å². The summed E-state index contributed by atoms with van der Waals surface area (Å²) in [6.07, 6.45) is 2.18. The minimum atomic E-state index is -0.150. The van der Waals surface area contributed by atoms with Crippen molar-refractivity contribution in [1.29, 1.82) is 5.26 Å². The van der Waals surface area contributed by atoms with Gasteiger partial charge >= 0.3 is 0 Å². The average molecular weight is 277 g/mol. The number of nitriles is 1. The third-order valence-electron chi connectivity index (χ3n) is 3.79. The van der Waals surface area contributed by atoms with E-state index in [0.29, 0.717) is 16.5 Å². The van der Waals surface area contributed by atoms with E-state index in [1.54, 1.807) is 0 Å². The molecule has 5 heteroatoms. The Hall–Kier alpha value is -1.38. The first-order valence-corrected chi connectivity index (χ1v) is 7.40. The van der Waals surface area contributed by atoms with Crippen LogP contribution in [0.25, 0.3) is 0 Å². The van der Waals surface area contributed by atoms with Crippen molar-refractivity contribution < 1.29 is 4.79 Å². The van der Waals surface area contributed by atoms with Crippen LogP contribution in [0.5, 0.6) is 0 Å². The number of hydrogen-bond acceptors (Lipinski definition) is 4. The Morgan fingerprint density at radius 1 is 1.53 bits per heavy atom. The smallest absolute Gasteiger partial charge is 0.242 e. The van der Waals surface area contributed by atoms with Gasteiger partial charge in [0.15, 0.2) is 0 Å². The summed E-state index contributed by atoms with van der Waals surface area (Å²) < 4.78 is 0. The quantitative estimate of drug-likeness (QED) is 0.873. The molecule has 2 rings (SSSR count). The summed E-state index contributed by atoms with van der Waals surface area (Å²) in [5.41, 5.74) is 1.56. The van der Waals surface area contributed by atoms with E-state index in [0.717, 1.165) is 29.8 Å². The third kappa shape index (κ3) is 2.80. The topological polar surface area (TPSA) is 64.9 Å². The van der Waals surface area contributed by atoms with E-state index < -0.39 is 0 Å². The molecular weight excluding hydrogens is 258 g/mol. The SMILES string of the molecule is Cc1sc(NC(=O)C2NCCCC2C)c(C#N)c1C. The van der Waals surface area contributed by atoms with E-state index in [-0.39, 0.29) is 11.9 Å². The molecule has 0 spiro atoms. The summed E-state index contributed by atoms with van der Waals surface area (Å²) in [7, 11) is 0. The lowest BCUT2D eigenvalue weighted by molar-refractivity contribution is -0.119. The van der Waals surface area contributed by atoms with E-state index in [2.05, 4.69) is 23.6 Å². The lowest BCUT2D eigenvalue weighted by Gasteiger charge is -2.28. The molecular formula is C14H19N3OS. The van der Waals surface area contributed by atoms with Gasteiger partial charge in [-0.2, -0.15) is 5.26 Å². The number of amides is 1. The molecule has 1 aromatic heterocycles. The van der Waals surface area contributed by atoms with Gasteiger partial charge in [0.25, 0.3) is 0 Å². The number of nitrogens with one attached hydrogen (secondary N) is 2. The Bertz CT molecular complexity index is 530. The third-order valence-corrected chi connectivity index (χ3v) is 4.91. The largest absolute Gasteiger partial charge is 0.315 e. The summed E-state index contributed by atoms with van der Waals surface area (Å²) in [5.74, 6) is 0.311. The molecule has 1 fully saturated rings. The second kappa shape index (κ2) is 5.72. The number of aryl methyl sites for hydroxylation is 1. The molecule has 1 aliphatic heterocycles. The first-order valence-electron chi connectivity index (χ1n) is 6.59. The fourth-order valence-electron chi connectivity index (χ4n) is 2.44. The van der Waals surface area contributed by atoms with Crippen molar-refractivity contribution >= 4 is 22.2 Å². The zero-order valence-corrected chi connectivity index (χ0v) is 12.4. The number of rotatable bonds is 2. The molecule has 102 valence electrons. The van der Waals surface area contributed by atoms with Gasteiger partial charge in [-0.15, -0.1) is 11.3 Å². The normalized spacial score (nSPS) is 22.8. The molecule has 0 bridgehead atoms. The van der Waals surface area contributed by atoms with E-state index in [4.69, 9.17) is 0 Å². The van der Waals surface area contributed by atoms with Crippen LogP contribution in [-0.2, 0) is 4.79 Å². The fourth-order valence-corrected chi connectivity index (χ4v) is 3.45. The fraction of sp³-hybridized carbons (Fsp3) is 0.571. The van der Waals surface area contributed by atoms with Crippen LogP contribution in [0.4, 0.5) is 5.00 Å². The Labute approximate surface area is 117 Å². The highest BCUT2D eigenvalue weighted by molar-refractivity contribution is 7.16. The van der Waals surface area contributed by atoms with Crippen LogP contribution in [0, 0.1) is 31.1 Å². The molecule has 4 nitrogen and oxygen atoms in total. The van der Waals surface area contributed by atoms with Crippen molar-refractivity contribution in [2.45, 2.75) is 39.7 Å². The van der Waals surface area contributed by atoms with Crippen LogP contribution < -0.4 is 10.6 Å². The summed E-state index contributed by atoms with van der Waals surface area (Å²) in [6.45, 7) is 6.86. The highest BCUT2D eigenvalue weighted by Crippen LogP contribution is 2.32. The lowest BCUT2D eigenvalue weighted by atomic mass is 9.92. The highest BCUT2D eigenvalue weighted by Gasteiger charge is 2.28. The summed E-state index contributed by atoms with van der Waals surface area (Å²) in [5, 5.41) is 16.0. The number of nitrogens with zero attached hydrogens (tertiary/aromatic N) is 1. The number of hydrogen-bond donors (Lipinski definition) is 2. The first-order chi connectivity index (χ1) is 9.04. The van der Waals surface area contributed by atoms with Crippen molar-refractivity contribution in [3.8, 4) is 6.07 Å². The van der Waals surface area contributed by atoms with Gasteiger partial charge in [-0.05, 0) is 44.7 Å². The average Bonchev–Trinajstić information content (AvgIpc) is 2.64. The summed E-state index contributed by atoms with van der Waals surface area (Å²) in [4.78, 5) is 13.4. The van der Waals surface area contributed by atoms with Crippen LogP contribution in [0.3, 0.4) is 0 Å². The molecule has 1 aliphatic rings. The maximum absolute atomic E-state index is 12.3. The van der Waals surface area contributed by atoms with Gasteiger partial charge in [-0.3, -0.25) is 4.79 Å². The molecule has 0 radical (unpaired) electrons. The van der Waals surface area contributed by atoms with Gasteiger partial charge in [0, 0.05) is 4.88 Å². The van der Waals surface area contributed by atoms with Crippen molar-refractivity contribution in [1.82, 2.24) is 5.32 Å². The van der Waals surface area contributed by atoms with E-state index in [9.17, 15) is 10.1 Å². The molecule has 0 saturated carbocycles. The number of anilines is 1. The van der Waals surface area contributed by atoms with Gasteiger partial charge in [-0.1, -0.05) is 6.92 Å². The van der Waals surface area contributed by atoms with Crippen LogP contribution in [0.1, 0.15) is 35.8 Å². The van der Waals surface area contributed by atoms with Crippen molar-refractivity contribution in [2.24, 2.45) is 5.92 Å². The molecule has 1 amide bonds. The summed E-state index contributed by atoms with van der Waals surface area (Å²) >= 11 is 1.48. The predicted octanol–water partition coefficient (Wildman–Crippen LogP) is 2.56. The number of thiophene rings is 1. The zero-order chi connectivity index (χ0) is 14.0. The highest BCUT2D eigenvalue weighted by atomic mass is 32.1. The monoisotopic (exact) mass is 277 g/mol. The molecule has 0 aliphatic carbocycles. The van der Waals surface area contributed by atoms with E-state index in [1.807, 2.05) is 13.8 Å².